The van der Waals surface area contributed by atoms with Gasteiger partial charge in [0.15, 0.2) is 0 Å². The lowest BCUT2D eigenvalue weighted by Crippen LogP contribution is -2.53. The first-order valence-electron chi connectivity index (χ1n) is 8.98. The van der Waals surface area contributed by atoms with Gasteiger partial charge in [-0.2, -0.15) is 10.2 Å². The Morgan fingerprint density at radius 2 is 2.15 bits per heavy atom. The van der Waals surface area contributed by atoms with Crippen molar-refractivity contribution in [3.05, 3.63) is 54.1 Å². The monoisotopic (exact) mass is 353 g/mol. The van der Waals surface area contributed by atoms with Gasteiger partial charge in [-0.25, -0.2) is 0 Å². The molecule has 4 rings (SSSR count). The summed E-state index contributed by atoms with van der Waals surface area (Å²) in [6.07, 6.45) is 7.86. The predicted octanol–water partition coefficient (Wildman–Crippen LogP) is 1.23. The van der Waals surface area contributed by atoms with E-state index in [1.807, 2.05) is 17.2 Å². The number of carbonyl (C=O) groups is 1. The zero-order valence-corrected chi connectivity index (χ0v) is 14.9. The van der Waals surface area contributed by atoms with Crippen LogP contribution in [0, 0.1) is 5.92 Å². The lowest BCUT2D eigenvalue weighted by Gasteiger charge is -2.41. The molecule has 0 saturated carbocycles. The molecule has 4 heterocycles. The van der Waals surface area contributed by atoms with Crippen LogP contribution in [-0.2, 0) is 11.3 Å². The number of fused-ring (bicyclic) bond motifs is 1. The lowest BCUT2D eigenvalue weighted by atomic mass is 9.88. The van der Waals surface area contributed by atoms with E-state index < -0.39 is 0 Å². The van der Waals surface area contributed by atoms with E-state index in [0.717, 1.165) is 26.1 Å². The van der Waals surface area contributed by atoms with Gasteiger partial charge >= 0.3 is 0 Å². The van der Waals surface area contributed by atoms with Crippen molar-refractivity contribution < 1.29 is 9.53 Å². The quantitative estimate of drug-likeness (QED) is 0.823. The van der Waals surface area contributed by atoms with Gasteiger partial charge in [0, 0.05) is 51.6 Å². The molecule has 2 fully saturated rings. The Balaban J connectivity index is 1.53. The topological polar surface area (TPSA) is 71.5 Å². The van der Waals surface area contributed by atoms with Crippen LogP contribution in [0.1, 0.15) is 22.3 Å². The molecule has 0 radical (unpaired) electrons. The maximum atomic E-state index is 13.0. The SMILES string of the molecule is CO[C@H]1CCN(C(=O)c2ccnnc2)[C@@H]2CN(Cc3cccnc3)C[C@H]12. The number of ether oxygens (including phenoxy) is 1. The van der Waals surface area contributed by atoms with E-state index in [1.54, 1.807) is 31.8 Å². The summed E-state index contributed by atoms with van der Waals surface area (Å²) >= 11 is 0. The maximum Gasteiger partial charge on any atom is 0.255 e. The normalized spacial score (nSPS) is 25.9. The van der Waals surface area contributed by atoms with Crippen molar-refractivity contribution in [1.29, 1.82) is 0 Å². The largest absolute Gasteiger partial charge is 0.381 e. The number of methoxy groups -OCH3 is 1. The Bertz CT molecular complexity index is 742. The number of likely N-dealkylation sites (tertiary alicyclic amines) is 2. The number of piperidine rings is 1. The maximum absolute atomic E-state index is 13.0. The standard InChI is InChI=1S/C19H23N5O2/c1-26-18-5-8-24(19(25)15-4-7-21-22-10-15)17-13-23(12-16(17)18)11-14-3-2-6-20-9-14/h2-4,6-7,9-10,16-18H,5,8,11-13H2,1H3/t16-,17+,18-/m0/s1. The van der Waals surface area contributed by atoms with E-state index in [2.05, 4.69) is 26.1 Å². The molecule has 0 aromatic carbocycles. The summed E-state index contributed by atoms with van der Waals surface area (Å²) < 4.78 is 5.74. The van der Waals surface area contributed by atoms with Crippen molar-refractivity contribution >= 4 is 5.91 Å². The molecule has 3 atom stereocenters. The van der Waals surface area contributed by atoms with Gasteiger partial charge in [-0.1, -0.05) is 6.07 Å². The molecule has 0 N–H and O–H groups in total. The van der Waals surface area contributed by atoms with Gasteiger partial charge in [0.05, 0.1) is 30.1 Å². The molecule has 0 unspecified atom stereocenters. The highest BCUT2D eigenvalue weighted by Gasteiger charge is 2.46. The van der Waals surface area contributed by atoms with Crippen LogP contribution in [0.5, 0.6) is 0 Å². The Hall–Kier alpha value is -2.38. The molecular weight excluding hydrogens is 330 g/mol. The van der Waals surface area contributed by atoms with Gasteiger partial charge in [0.1, 0.15) is 0 Å². The molecule has 2 aliphatic rings. The van der Waals surface area contributed by atoms with Gasteiger partial charge in [-0.05, 0) is 24.1 Å². The van der Waals surface area contributed by atoms with Crippen molar-refractivity contribution in [3.8, 4) is 0 Å². The average Bonchev–Trinajstić information content (AvgIpc) is 3.11. The molecule has 0 spiro atoms. The molecule has 0 aliphatic carbocycles. The Labute approximate surface area is 153 Å². The summed E-state index contributed by atoms with van der Waals surface area (Å²) in [5.41, 5.74) is 1.79. The zero-order chi connectivity index (χ0) is 17.9. The minimum absolute atomic E-state index is 0.0349. The fourth-order valence-corrected chi connectivity index (χ4v) is 4.24. The van der Waals surface area contributed by atoms with Crippen LogP contribution in [0.3, 0.4) is 0 Å². The number of nitrogens with zero attached hydrogens (tertiary/aromatic N) is 5. The van der Waals surface area contributed by atoms with Gasteiger partial charge in [-0.3, -0.25) is 14.7 Å². The summed E-state index contributed by atoms with van der Waals surface area (Å²) in [5.74, 6) is 0.358. The van der Waals surface area contributed by atoms with Crippen molar-refractivity contribution in [3.63, 3.8) is 0 Å². The number of aromatic nitrogens is 3. The molecule has 2 aromatic rings. The van der Waals surface area contributed by atoms with E-state index in [1.165, 1.54) is 5.56 Å². The van der Waals surface area contributed by atoms with Gasteiger partial charge in [0.2, 0.25) is 0 Å². The smallest absolute Gasteiger partial charge is 0.255 e. The van der Waals surface area contributed by atoms with Crippen LogP contribution in [0.4, 0.5) is 0 Å². The van der Waals surface area contributed by atoms with Gasteiger partial charge in [-0.15, -0.1) is 0 Å². The van der Waals surface area contributed by atoms with Crippen molar-refractivity contribution in [2.75, 3.05) is 26.7 Å². The van der Waals surface area contributed by atoms with E-state index in [9.17, 15) is 4.79 Å². The second-order valence-electron chi connectivity index (χ2n) is 6.98. The second kappa shape index (κ2) is 7.47. The highest BCUT2D eigenvalue weighted by atomic mass is 16.5. The number of hydrogen-bond acceptors (Lipinski definition) is 6. The van der Waals surface area contributed by atoms with Crippen LogP contribution in [0.25, 0.3) is 0 Å². The number of carbonyl (C=O) groups excluding carboxylic acids is 1. The minimum atomic E-state index is 0.0349. The first kappa shape index (κ1) is 17.1. The Morgan fingerprint density at radius 1 is 1.23 bits per heavy atom. The molecule has 26 heavy (non-hydrogen) atoms. The van der Waals surface area contributed by atoms with Gasteiger partial charge < -0.3 is 9.64 Å². The molecule has 2 aromatic heterocycles. The van der Waals surface area contributed by atoms with E-state index in [0.29, 0.717) is 18.0 Å². The van der Waals surface area contributed by atoms with Crippen LogP contribution >= 0.6 is 0 Å². The van der Waals surface area contributed by atoms with Crippen LogP contribution in [-0.4, -0.2) is 69.8 Å². The molecule has 7 nitrogen and oxygen atoms in total. The fraction of sp³-hybridized carbons (Fsp3) is 0.474. The molecule has 0 bridgehead atoms. The third-order valence-corrected chi connectivity index (χ3v) is 5.46. The number of hydrogen-bond donors (Lipinski definition) is 0. The first-order valence-corrected chi connectivity index (χ1v) is 8.98. The summed E-state index contributed by atoms with van der Waals surface area (Å²) in [5, 5.41) is 7.62. The van der Waals surface area contributed by atoms with Crippen LogP contribution < -0.4 is 0 Å². The third-order valence-electron chi connectivity index (χ3n) is 5.46. The zero-order valence-electron chi connectivity index (χ0n) is 14.9. The van der Waals surface area contributed by atoms with Crippen molar-refractivity contribution in [2.24, 2.45) is 5.92 Å². The molecule has 1 amide bonds. The number of pyridine rings is 1. The minimum Gasteiger partial charge on any atom is -0.381 e. The van der Waals surface area contributed by atoms with E-state index in [4.69, 9.17) is 4.74 Å². The van der Waals surface area contributed by atoms with E-state index >= 15 is 0 Å². The summed E-state index contributed by atoms with van der Waals surface area (Å²) in [7, 11) is 1.77. The summed E-state index contributed by atoms with van der Waals surface area (Å²) in [6.45, 7) is 3.33. The molecule has 7 heteroatoms. The Morgan fingerprint density at radius 3 is 2.88 bits per heavy atom. The first-order chi connectivity index (χ1) is 12.8. The third kappa shape index (κ3) is 3.32. The molecular formula is C19H23N5O2. The van der Waals surface area contributed by atoms with Crippen LogP contribution in [0.15, 0.2) is 43.0 Å². The fourth-order valence-electron chi connectivity index (χ4n) is 4.24. The van der Waals surface area contributed by atoms with E-state index in [-0.39, 0.29) is 18.1 Å². The Kier molecular flexibility index (Phi) is 4.90. The highest BCUT2D eigenvalue weighted by Crippen LogP contribution is 2.34. The second-order valence-corrected chi connectivity index (χ2v) is 6.98. The van der Waals surface area contributed by atoms with Crippen molar-refractivity contribution in [1.82, 2.24) is 25.0 Å². The molecule has 2 saturated heterocycles. The number of rotatable bonds is 4. The van der Waals surface area contributed by atoms with Crippen molar-refractivity contribution in [2.45, 2.75) is 25.1 Å². The highest BCUT2D eigenvalue weighted by molar-refractivity contribution is 5.94. The average molecular weight is 353 g/mol. The lowest BCUT2D eigenvalue weighted by molar-refractivity contribution is -0.0157. The predicted molar refractivity (Wildman–Crippen MR) is 95.3 cm³/mol. The summed E-state index contributed by atoms with van der Waals surface area (Å²) in [6, 6.07) is 5.94. The number of amides is 1. The van der Waals surface area contributed by atoms with Crippen LogP contribution in [0.2, 0.25) is 0 Å². The molecule has 136 valence electrons. The molecule has 2 aliphatic heterocycles. The van der Waals surface area contributed by atoms with Gasteiger partial charge in [0.25, 0.3) is 5.91 Å². The summed E-state index contributed by atoms with van der Waals surface area (Å²) in [4.78, 5) is 21.6.